The summed E-state index contributed by atoms with van der Waals surface area (Å²) in [6, 6.07) is 28.8. The number of nitrogens with one attached hydrogen (secondary N) is 1. The van der Waals surface area contributed by atoms with Gasteiger partial charge in [-0.2, -0.15) is 0 Å². The third kappa shape index (κ3) is 5.94. The number of hydrogen-bond acceptors (Lipinski definition) is 2. The number of benzene rings is 3. The molecule has 32 heavy (non-hydrogen) atoms. The van der Waals surface area contributed by atoms with Crippen LogP contribution in [0.1, 0.15) is 29.8 Å². The zero-order chi connectivity index (χ0) is 22.0. The lowest BCUT2D eigenvalue weighted by Crippen LogP contribution is -2.22. The Kier molecular flexibility index (Phi) is 7.48. The Morgan fingerprint density at radius 1 is 0.844 bits per heavy atom. The quantitative estimate of drug-likeness (QED) is 0.273. The predicted octanol–water partition coefficient (Wildman–Crippen LogP) is 5.43. The lowest BCUT2D eigenvalue weighted by Gasteiger charge is -2.10. The van der Waals surface area contributed by atoms with Crippen LogP contribution in [0, 0.1) is 0 Å². The van der Waals surface area contributed by atoms with Crippen molar-refractivity contribution in [2.24, 2.45) is 0 Å². The molecule has 0 unspecified atom stereocenters. The third-order valence-electron chi connectivity index (χ3n) is 5.53. The molecule has 0 aliphatic heterocycles. The molecule has 1 amide bonds. The van der Waals surface area contributed by atoms with E-state index >= 15 is 0 Å². The van der Waals surface area contributed by atoms with Crippen LogP contribution >= 0.6 is 0 Å². The van der Waals surface area contributed by atoms with Crippen LogP contribution in [0.4, 0.5) is 0 Å². The normalized spacial score (nSPS) is 11.2. The van der Waals surface area contributed by atoms with Gasteiger partial charge in [-0.3, -0.25) is 4.79 Å². The van der Waals surface area contributed by atoms with Gasteiger partial charge in [0.05, 0.1) is 11.0 Å². The lowest BCUT2D eigenvalue weighted by molar-refractivity contribution is -0.116. The third-order valence-corrected chi connectivity index (χ3v) is 5.53. The number of rotatable bonds is 10. The van der Waals surface area contributed by atoms with Crippen molar-refractivity contribution in [1.29, 1.82) is 0 Å². The molecule has 0 aliphatic rings. The first kappa shape index (κ1) is 21.6. The molecule has 0 bridgehead atoms. The summed E-state index contributed by atoms with van der Waals surface area (Å²) in [4.78, 5) is 17.0. The molecule has 0 radical (unpaired) electrons. The Morgan fingerprint density at radius 3 is 2.38 bits per heavy atom. The number of amides is 1. The molecule has 3 aromatic carbocycles. The highest BCUT2D eigenvalue weighted by Gasteiger charge is 2.10. The molecule has 1 aromatic heterocycles. The van der Waals surface area contributed by atoms with E-state index in [2.05, 4.69) is 58.4 Å². The maximum absolute atomic E-state index is 12.1. The number of carbonyl (C=O) groups excluding carboxylic acids is 1. The topological polar surface area (TPSA) is 46.9 Å². The summed E-state index contributed by atoms with van der Waals surface area (Å²) < 4.78 is 2.34. The van der Waals surface area contributed by atoms with Crippen LogP contribution in [0.3, 0.4) is 0 Å². The van der Waals surface area contributed by atoms with E-state index in [-0.39, 0.29) is 5.91 Å². The largest absolute Gasteiger partial charge is 0.353 e. The van der Waals surface area contributed by atoms with Crippen molar-refractivity contribution in [3.63, 3.8) is 0 Å². The molecule has 4 nitrogen and oxygen atoms in total. The van der Waals surface area contributed by atoms with Crippen LogP contribution in [-0.4, -0.2) is 22.0 Å². The van der Waals surface area contributed by atoms with Gasteiger partial charge in [-0.1, -0.05) is 72.8 Å². The maximum atomic E-state index is 12.1. The maximum Gasteiger partial charge on any atom is 0.243 e. The first-order valence-corrected chi connectivity index (χ1v) is 11.3. The van der Waals surface area contributed by atoms with E-state index in [0.29, 0.717) is 6.54 Å². The summed E-state index contributed by atoms with van der Waals surface area (Å²) in [5.41, 5.74) is 4.61. The number of fused-ring (bicyclic) bond motifs is 1. The summed E-state index contributed by atoms with van der Waals surface area (Å²) in [6.07, 6.45) is 7.24. The molecule has 4 rings (SSSR count). The highest BCUT2D eigenvalue weighted by Crippen LogP contribution is 2.18. The molecule has 0 spiro atoms. The summed E-state index contributed by atoms with van der Waals surface area (Å²) in [5.74, 6) is 1.03. The smallest absolute Gasteiger partial charge is 0.243 e. The molecule has 0 fully saturated rings. The monoisotopic (exact) mass is 423 g/mol. The minimum Gasteiger partial charge on any atom is -0.353 e. The average Bonchev–Trinajstić information content (AvgIpc) is 3.19. The molecule has 1 heterocycles. The fourth-order valence-corrected chi connectivity index (χ4v) is 3.90. The Balaban J connectivity index is 1.31. The van der Waals surface area contributed by atoms with E-state index in [1.54, 1.807) is 6.08 Å². The number of nitrogens with zero attached hydrogens (tertiary/aromatic N) is 2. The minimum atomic E-state index is -0.0646. The van der Waals surface area contributed by atoms with Gasteiger partial charge in [0.15, 0.2) is 0 Å². The van der Waals surface area contributed by atoms with Gasteiger partial charge in [-0.05, 0) is 48.6 Å². The van der Waals surface area contributed by atoms with Crippen molar-refractivity contribution in [2.45, 2.75) is 32.2 Å². The van der Waals surface area contributed by atoms with E-state index < -0.39 is 0 Å². The number of para-hydroxylation sites is 2. The van der Waals surface area contributed by atoms with Crippen LogP contribution in [0.5, 0.6) is 0 Å². The van der Waals surface area contributed by atoms with E-state index in [1.807, 2.05) is 42.5 Å². The zero-order valence-electron chi connectivity index (χ0n) is 18.3. The average molecular weight is 424 g/mol. The Labute approximate surface area is 189 Å². The molecular weight excluding hydrogens is 394 g/mol. The van der Waals surface area contributed by atoms with Gasteiger partial charge in [-0.25, -0.2) is 4.98 Å². The first-order chi connectivity index (χ1) is 15.8. The second-order valence-corrected chi connectivity index (χ2v) is 7.90. The van der Waals surface area contributed by atoms with Crippen LogP contribution in [0.15, 0.2) is 91.0 Å². The summed E-state index contributed by atoms with van der Waals surface area (Å²) >= 11 is 0. The molecule has 4 heteroatoms. The Bertz CT molecular complexity index is 1160. The van der Waals surface area contributed by atoms with E-state index in [4.69, 9.17) is 4.98 Å². The fourth-order valence-electron chi connectivity index (χ4n) is 3.90. The van der Waals surface area contributed by atoms with Crippen LogP contribution in [0.2, 0.25) is 0 Å². The van der Waals surface area contributed by atoms with Gasteiger partial charge in [0.25, 0.3) is 0 Å². The number of aryl methyl sites for hydroxylation is 3. The number of hydrogen-bond donors (Lipinski definition) is 1. The van der Waals surface area contributed by atoms with Crippen molar-refractivity contribution in [1.82, 2.24) is 14.9 Å². The van der Waals surface area contributed by atoms with E-state index in [0.717, 1.165) is 49.1 Å². The van der Waals surface area contributed by atoms with Crippen molar-refractivity contribution in [3.8, 4) is 0 Å². The predicted molar refractivity (Wildman–Crippen MR) is 131 cm³/mol. The lowest BCUT2D eigenvalue weighted by atomic mass is 10.1. The number of carbonyl (C=O) groups is 1. The molecule has 0 saturated carbocycles. The minimum absolute atomic E-state index is 0.0646. The van der Waals surface area contributed by atoms with E-state index in [1.165, 1.54) is 11.1 Å². The summed E-state index contributed by atoms with van der Waals surface area (Å²) in [6.45, 7) is 1.57. The van der Waals surface area contributed by atoms with Crippen molar-refractivity contribution in [3.05, 3.63) is 108 Å². The highest BCUT2D eigenvalue weighted by molar-refractivity contribution is 5.91. The van der Waals surface area contributed by atoms with Gasteiger partial charge in [0.1, 0.15) is 5.82 Å². The second kappa shape index (κ2) is 11.1. The van der Waals surface area contributed by atoms with Crippen molar-refractivity contribution >= 4 is 23.0 Å². The molecular formula is C28H29N3O. The Hall–Kier alpha value is -3.66. The molecule has 0 atom stereocenters. The first-order valence-electron chi connectivity index (χ1n) is 11.3. The summed E-state index contributed by atoms with van der Waals surface area (Å²) in [7, 11) is 0. The summed E-state index contributed by atoms with van der Waals surface area (Å²) in [5, 5.41) is 2.98. The number of imidazole rings is 1. The number of aromatic nitrogens is 2. The Morgan fingerprint density at radius 2 is 1.56 bits per heavy atom. The van der Waals surface area contributed by atoms with Crippen molar-refractivity contribution < 1.29 is 4.79 Å². The van der Waals surface area contributed by atoms with Crippen LogP contribution in [0.25, 0.3) is 17.1 Å². The van der Waals surface area contributed by atoms with Gasteiger partial charge < -0.3 is 9.88 Å². The van der Waals surface area contributed by atoms with Crippen LogP contribution in [-0.2, 0) is 24.2 Å². The van der Waals surface area contributed by atoms with Gasteiger partial charge >= 0.3 is 0 Å². The van der Waals surface area contributed by atoms with E-state index in [9.17, 15) is 4.79 Å². The fraction of sp³-hybridized carbons (Fsp3) is 0.214. The molecule has 0 aliphatic carbocycles. The molecule has 0 saturated heterocycles. The molecule has 162 valence electrons. The molecule has 1 N–H and O–H groups in total. The van der Waals surface area contributed by atoms with Crippen molar-refractivity contribution in [2.75, 3.05) is 6.54 Å². The van der Waals surface area contributed by atoms with Gasteiger partial charge in [0, 0.05) is 25.6 Å². The van der Waals surface area contributed by atoms with Gasteiger partial charge in [0.2, 0.25) is 5.91 Å². The standard InChI is InChI=1S/C28H29N3O/c32-28(20-19-24-13-5-2-6-14-24)29-21-9-18-27-30-25-16-7-8-17-26(25)31(27)22-10-15-23-11-3-1-4-12-23/h1-8,11-14,16-17,19-20H,9-10,15,18,21-22H2,(H,29,32)/b20-19-. The highest BCUT2D eigenvalue weighted by atomic mass is 16.1. The SMILES string of the molecule is O=C(/C=C\c1ccccc1)NCCCc1nc2ccccc2n1CCCc1ccccc1. The molecule has 4 aromatic rings. The van der Waals surface area contributed by atoms with Crippen LogP contribution < -0.4 is 5.32 Å². The zero-order valence-corrected chi connectivity index (χ0v) is 18.3. The second-order valence-electron chi connectivity index (χ2n) is 7.90. The van der Waals surface area contributed by atoms with Gasteiger partial charge in [-0.15, -0.1) is 0 Å².